The van der Waals surface area contributed by atoms with Gasteiger partial charge in [0.05, 0.1) is 7.11 Å². The van der Waals surface area contributed by atoms with E-state index >= 15 is 0 Å². The van der Waals surface area contributed by atoms with E-state index in [-0.39, 0.29) is 5.30 Å². The molecule has 0 aliphatic heterocycles. The standard InChI is InChI=1S/C28H31O4P/c1-16-11-19(4)25(20(5)12-16)27(29)33(31,24-10-9-23(32-8)15-18(24)3)28(30)26-21(6)13-17(2)14-22(26)7/h9-15H,1-8H3. The molecule has 3 aromatic carbocycles. The Bertz CT molecular complexity index is 1210. The summed E-state index contributed by atoms with van der Waals surface area (Å²) < 4.78 is 20.2. The third kappa shape index (κ3) is 4.32. The Hall–Kier alpha value is -2.97. The molecule has 0 N–H and O–H groups in total. The lowest BCUT2D eigenvalue weighted by Crippen LogP contribution is -2.24. The van der Waals surface area contributed by atoms with E-state index in [0.29, 0.717) is 44.7 Å². The lowest BCUT2D eigenvalue weighted by molar-refractivity contribution is 0.104. The zero-order chi connectivity index (χ0) is 24.7. The van der Waals surface area contributed by atoms with Gasteiger partial charge in [0.1, 0.15) is 5.75 Å². The van der Waals surface area contributed by atoms with Crippen LogP contribution in [0.4, 0.5) is 0 Å². The van der Waals surface area contributed by atoms with Gasteiger partial charge in [-0.3, -0.25) is 9.59 Å². The molecule has 3 aromatic rings. The molecule has 0 aromatic heterocycles. The number of aryl methyl sites for hydroxylation is 7. The Labute approximate surface area is 196 Å². The predicted octanol–water partition coefficient (Wildman–Crippen LogP) is 6.52. The highest BCUT2D eigenvalue weighted by atomic mass is 31.2. The number of benzene rings is 3. The fraction of sp³-hybridized carbons (Fsp3) is 0.286. The third-order valence-electron chi connectivity index (χ3n) is 6.10. The van der Waals surface area contributed by atoms with Gasteiger partial charge in [0.2, 0.25) is 18.2 Å². The fourth-order valence-electron chi connectivity index (χ4n) is 4.77. The summed E-state index contributed by atoms with van der Waals surface area (Å²) in [6, 6.07) is 12.5. The first-order valence-electron chi connectivity index (χ1n) is 10.9. The molecule has 0 radical (unpaired) electrons. The molecular formula is C28H31O4P. The maximum Gasteiger partial charge on any atom is 0.248 e. The van der Waals surface area contributed by atoms with E-state index in [2.05, 4.69) is 0 Å². The van der Waals surface area contributed by atoms with Crippen LogP contribution >= 0.6 is 7.14 Å². The highest BCUT2D eigenvalue weighted by molar-refractivity contribution is 8.01. The minimum atomic E-state index is -4.24. The lowest BCUT2D eigenvalue weighted by Gasteiger charge is -2.23. The summed E-state index contributed by atoms with van der Waals surface area (Å²) in [4.78, 5) is 28.2. The van der Waals surface area contributed by atoms with Crippen molar-refractivity contribution in [2.75, 3.05) is 7.11 Å². The Morgan fingerprint density at radius 2 is 1.03 bits per heavy atom. The van der Waals surface area contributed by atoms with E-state index in [1.54, 1.807) is 32.2 Å². The van der Waals surface area contributed by atoms with Crippen molar-refractivity contribution >= 4 is 23.5 Å². The third-order valence-corrected chi connectivity index (χ3v) is 8.87. The molecule has 0 bridgehead atoms. The zero-order valence-electron chi connectivity index (χ0n) is 20.6. The molecule has 0 aliphatic carbocycles. The van der Waals surface area contributed by atoms with Crippen LogP contribution in [0.3, 0.4) is 0 Å². The topological polar surface area (TPSA) is 60.4 Å². The van der Waals surface area contributed by atoms with Crippen LogP contribution in [0, 0.1) is 48.5 Å². The molecule has 33 heavy (non-hydrogen) atoms. The Morgan fingerprint density at radius 1 is 0.636 bits per heavy atom. The average Bonchev–Trinajstić information content (AvgIpc) is 2.71. The first kappa shape index (κ1) is 24.7. The molecule has 0 unspecified atom stereocenters. The van der Waals surface area contributed by atoms with Crippen molar-refractivity contribution in [1.29, 1.82) is 0 Å². The highest BCUT2D eigenvalue weighted by Gasteiger charge is 2.45. The number of ether oxygens (including phenoxy) is 1. The van der Waals surface area contributed by atoms with Crippen molar-refractivity contribution < 1.29 is 18.9 Å². The van der Waals surface area contributed by atoms with Gasteiger partial charge in [0.15, 0.2) is 0 Å². The molecule has 0 saturated carbocycles. The molecule has 0 heterocycles. The van der Waals surface area contributed by atoms with Crippen LogP contribution in [-0.2, 0) is 4.57 Å². The molecule has 0 atom stereocenters. The molecule has 0 aliphatic rings. The summed E-state index contributed by atoms with van der Waals surface area (Å²) in [6.07, 6.45) is 0. The first-order chi connectivity index (χ1) is 15.4. The zero-order valence-corrected chi connectivity index (χ0v) is 21.5. The molecule has 0 fully saturated rings. The van der Waals surface area contributed by atoms with Crippen molar-refractivity contribution in [3.05, 3.63) is 92.5 Å². The molecular weight excluding hydrogens is 431 g/mol. The van der Waals surface area contributed by atoms with E-state index in [9.17, 15) is 14.2 Å². The molecule has 3 rings (SSSR count). The monoisotopic (exact) mass is 462 g/mol. The van der Waals surface area contributed by atoms with Crippen molar-refractivity contribution in [3.63, 3.8) is 0 Å². The second kappa shape index (κ2) is 9.11. The van der Waals surface area contributed by atoms with Gasteiger partial charge in [0.25, 0.3) is 0 Å². The van der Waals surface area contributed by atoms with Crippen LogP contribution in [0.25, 0.3) is 0 Å². The van der Waals surface area contributed by atoms with E-state index < -0.39 is 18.2 Å². The highest BCUT2D eigenvalue weighted by Crippen LogP contribution is 2.53. The molecule has 0 saturated heterocycles. The number of rotatable bonds is 6. The van der Waals surface area contributed by atoms with Crippen LogP contribution in [-0.4, -0.2) is 18.2 Å². The quantitative estimate of drug-likeness (QED) is 0.391. The van der Waals surface area contributed by atoms with Gasteiger partial charge in [-0.05, 0) is 94.5 Å². The normalized spacial score (nSPS) is 11.4. The summed E-state index contributed by atoms with van der Waals surface area (Å²) in [5, 5.41) is 0.261. The van der Waals surface area contributed by atoms with Crippen LogP contribution in [0.5, 0.6) is 5.75 Å². The summed E-state index contributed by atoms with van der Waals surface area (Å²) in [5.41, 5.74) is 4.95. The maximum atomic E-state index is 14.9. The lowest BCUT2D eigenvalue weighted by atomic mass is 10.0. The van der Waals surface area contributed by atoms with Gasteiger partial charge in [-0.1, -0.05) is 35.4 Å². The minimum Gasteiger partial charge on any atom is -0.497 e. The number of carbonyl (C=O) groups is 2. The van der Waals surface area contributed by atoms with Gasteiger partial charge in [0, 0.05) is 16.4 Å². The van der Waals surface area contributed by atoms with Gasteiger partial charge in [-0.2, -0.15) is 0 Å². The van der Waals surface area contributed by atoms with Crippen molar-refractivity contribution in [3.8, 4) is 5.75 Å². The Balaban J connectivity index is 2.37. The number of carbonyl (C=O) groups excluding carboxylic acids is 2. The van der Waals surface area contributed by atoms with Crippen molar-refractivity contribution in [1.82, 2.24) is 0 Å². The van der Waals surface area contributed by atoms with Crippen molar-refractivity contribution in [2.45, 2.75) is 48.5 Å². The first-order valence-corrected chi connectivity index (χ1v) is 12.6. The average molecular weight is 463 g/mol. The molecule has 172 valence electrons. The van der Waals surface area contributed by atoms with E-state index in [4.69, 9.17) is 4.74 Å². The van der Waals surface area contributed by atoms with Crippen LogP contribution in [0.1, 0.15) is 59.7 Å². The second-order valence-corrected chi connectivity index (χ2v) is 11.4. The van der Waals surface area contributed by atoms with Gasteiger partial charge >= 0.3 is 0 Å². The molecule has 5 heteroatoms. The van der Waals surface area contributed by atoms with E-state index in [1.807, 2.05) is 65.8 Å². The van der Waals surface area contributed by atoms with Crippen LogP contribution in [0.2, 0.25) is 0 Å². The Morgan fingerprint density at radius 3 is 1.36 bits per heavy atom. The van der Waals surface area contributed by atoms with Crippen molar-refractivity contribution in [2.24, 2.45) is 0 Å². The second-order valence-electron chi connectivity index (χ2n) is 8.92. The summed E-state index contributed by atoms with van der Waals surface area (Å²) >= 11 is 0. The fourth-order valence-corrected chi connectivity index (χ4v) is 7.57. The summed E-state index contributed by atoms with van der Waals surface area (Å²) in [5.74, 6) is 0.577. The number of hydrogen-bond donors (Lipinski definition) is 0. The van der Waals surface area contributed by atoms with E-state index in [1.165, 1.54) is 0 Å². The van der Waals surface area contributed by atoms with Crippen LogP contribution < -0.4 is 10.0 Å². The smallest absolute Gasteiger partial charge is 0.248 e. The predicted molar refractivity (Wildman–Crippen MR) is 135 cm³/mol. The number of hydrogen-bond acceptors (Lipinski definition) is 4. The maximum absolute atomic E-state index is 14.9. The largest absolute Gasteiger partial charge is 0.497 e. The SMILES string of the molecule is COc1ccc(P(=O)(C(=O)c2c(C)cc(C)cc2C)C(=O)c2c(C)cc(C)cc2C)c(C)c1. The summed E-state index contributed by atoms with van der Waals surface area (Å²) in [7, 11) is -2.69. The van der Waals surface area contributed by atoms with Gasteiger partial charge in [-0.15, -0.1) is 0 Å². The van der Waals surface area contributed by atoms with Gasteiger partial charge in [-0.25, -0.2) is 0 Å². The van der Waals surface area contributed by atoms with E-state index in [0.717, 1.165) is 11.1 Å². The van der Waals surface area contributed by atoms with Crippen LogP contribution in [0.15, 0.2) is 42.5 Å². The number of methoxy groups -OCH3 is 1. The van der Waals surface area contributed by atoms with Gasteiger partial charge < -0.3 is 9.30 Å². The molecule has 0 amide bonds. The molecule has 4 nitrogen and oxygen atoms in total. The minimum absolute atomic E-state index is 0.261. The Kier molecular flexibility index (Phi) is 6.81. The molecule has 0 spiro atoms. The summed E-state index contributed by atoms with van der Waals surface area (Å²) in [6.45, 7) is 13.0.